The highest BCUT2D eigenvalue weighted by atomic mass is 19.4. The molecule has 0 bridgehead atoms. The smallest absolute Gasteiger partial charge is 0.345 e. The molecule has 0 unspecified atom stereocenters. The van der Waals surface area contributed by atoms with Gasteiger partial charge in [0.1, 0.15) is 11.7 Å². The van der Waals surface area contributed by atoms with Crippen molar-refractivity contribution in [2.45, 2.75) is 37.9 Å². The molecule has 7 nitrogen and oxygen atoms in total. The summed E-state index contributed by atoms with van der Waals surface area (Å²) in [5, 5.41) is 10.1. The van der Waals surface area contributed by atoms with Crippen molar-refractivity contribution >= 4 is 28.6 Å². The van der Waals surface area contributed by atoms with Crippen LogP contribution in [0.5, 0.6) is 0 Å². The molecule has 4 aromatic heterocycles. The quantitative estimate of drug-likeness (QED) is 0.299. The van der Waals surface area contributed by atoms with Crippen LogP contribution in [-0.2, 0) is 0 Å². The predicted molar refractivity (Wildman–Crippen MR) is 129 cm³/mol. The normalized spacial score (nSPS) is 16.3. The molecule has 0 saturated heterocycles. The molecule has 1 aliphatic rings. The standard InChI is InChI=1S/C18H15F3N6.C6H11F2N/c1-3-11-7-24-27-5-4-12(6-15(11)27)13-8-22-16-14(13)9-23-17(26-16)25-10(2)18(19,20)21;1-9-4-5-2-6(7,8)3-5/h3-10H,1H2,2H3,(H2,22,23,25,26);5,9H,2-4H2,1H3/t10-;/m1./s1. The topological polar surface area (TPSA) is 82.9 Å². The van der Waals surface area contributed by atoms with Gasteiger partial charge >= 0.3 is 6.18 Å². The lowest BCUT2D eigenvalue weighted by Gasteiger charge is -2.34. The molecule has 3 N–H and O–H groups in total. The molecule has 12 heteroatoms. The number of pyridine rings is 1. The van der Waals surface area contributed by atoms with Crippen LogP contribution in [0, 0.1) is 5.92 Å². The first-order chi connectivity index (χ1) is 17.0. The number of rotatable bonds is 6. The number of fused-ring (bicyclic) bond motifs is 2. The number of aromatic nitrogens is 5. The molecule has 1 aliphatic carbocycles. The Morgan fingerprint density at radius 3 is 2.69 bits per heavy atom. The summed E-state index contributed by atoms with van der Waals surface area (Å²) in [7, 11) is 1.79. The van der Waals surface area contributed by atoms with Crippen LogP contribution in [-0.4, -0.2) is 56.3 Å². The summed E-state index contributed by atoms with van der Waals surface area (Å²) < 4.78 is 64.0. The van der Waals surface area contributed by atoms with Crippen molar-refractivity contribution in [3.05, 3.63) is 49.1 Å². The minimum absolute atomic E-state index is 0.0772. The van der Waals surface area contributed by atoms with Gasteiger partial charge in [0, 0.05) is 47.9 Å². The lowest BCUT2D eigenvalue weighted by Crippen LogP contribution is -2.40. The predicted octanol–water partition coefficient (Wildman–Crippen LogP) is 5.53. The van der Waals surface area contributed by atoms with Crippen molar-refractivity contribution in [1.82, 2.24) is 29.9 Å². The first-order valence-electron chi connectivity index (χ1n) is 11.3. The van der Waals surface area contributed by atoms with E-state index in [1.807, 2.05) is 18.3 Å². The highest BCUT2D eigenvalue weighted by Gasteiger charge is 2.44. The molecule has 0 amide bonds. The van der Waals surface area contributed by atoms with Crippen LogP contribution in [0.25, 0.3) is 33.8 Å². The van der Waals surface area contributed by atoms with E-state index in [0.717, 1.165) is 35.7 Å². The SMILES string of the molecule is C=Cc1cnn2ccc(-c3c[nH]c4nc(N[C@H](C)C(F)(F)F)ncc34)cc12.CNCC1CC(F)(F)C1. The maximum atomic E-state index is 12.7. The number of anilines is 1. The molecule has 5 rings (SSSR count). The Morgan fingerprint density at radius 1 is 1.31 bits per heavy atom. The van der Waals surface area contributed by atoms with Crippen LogP contribution in [0.3, 0.4) is 0 Å². The molecule has 192 valence electrons. The van der Waals surface area contributed by atoms with Crippen molar-refractivity contribution in [2.75, 3.05) is 18.9 Å². The fourth-order valence-corrected chi connectivity index (χ4v) is 4.03. The van der Waals surface area contributed by atoms with Gasteiger partial charge in [0.25, 0.3) is 0 Å². The third kappa shape index (κ3) is 5.48. The molecular formula is C24H26F5N7. The first-order valence-corrected chi connectivity index (χ1v) is 11.3. The number of nitrogens with one attached hydrogen (secondary N) is 3. The van der Waals surface area contributed by atoms with Crippen LogP contribution >= 0.6 is 0 Å². The third-order valence-corrected chi connectivity index (χ3v) is 6.02. The van der Waals surface area contributed by atoms with E-state index in [9.17, 15) is 22.0 Å². The number of hydrogen-bond donors (Lipinski definition) is 3. The zero-order valence-electron chi connectivity index (χ0n) is 19.7. The minimum Gasteiger partial charge on any atom is -0.345 e. The summed E-state index contributed by atoms with van der Waals surface area (Å²) in [6, 6.07) is 2.11. The Labute approximate surface area is 203 Å². The molecule has 1 saturated carbocycles. The molecule has 36 heavy (non-hydrogen) atoms. The van der Waals surface area contributed by atoms with Crippen LogP contribution in [0.1, 0.15) is 25.3 Å². The largest absolute Gasteiger partial charge is 0.408 e. The van der Waals surface area contributed by atoms with Gasteiger partial charge in [-0.2, -0.15) is 23.3 Å². The Bertz CT molecular complexity index is 1350. The zero-order chi connectivity index (χ0) is 26.1. The van der Waals surface area contributed by atoms with Crippen molar-refractivity contribution in [2.24, 2.45) is 5.92 Å². The summed E-state index contributed by atoms with van der Waals surface area (Å²) in [6.07, 6.45) is 4.33. The average Bonchev–Trinajstić information content (AvgIpc) is 3.41. The number of H-pyrrole nitrogens is 1. The molecule has 4 aromatic rings. The fourth-order valence-electron chi connectivity index (χ4n) is 4.03. The summed E-state index contributed by atoms with van der Waals surface area (Å²) in [5.41, 5.74) is 4.01. The van der Waals surface area contributed by atoms with Crippen LogP contribution in [0.15, 0.2) is 43.5 Å². The molecule has 0 spiro atoms. The number of hydrogen-bond acceptors (Lipinski definition) is 5. The second-order valence-corrected chi connectivity index (χ2v) is 8.80. The Kier molecular flexibility index (Phi) is 6.98. The van der Waals surface area contributed by atoms with Crippen molar-refractivity contribution in [1.29, 1.82) is 0 Å². The number of alkyl halides is 5. The highest BCUT2D eigenvalue weighted by molar-refractivity contribution is 5.94. The van der Waals surface area contributed by atoms with Gasteiger partial charge in [-0.15, -0.1) is 0 Å². The fraction of sp³-hybridized carbons (Fsp3) is 0.375. The van der Waals surface area contributed by atoms with Gasteiger partial charge in [0.2, 0.25) is 11.9 Å². The summed E-state index contributed by atoms with van der Waals surface area (Å²) in [5.74, 6) is -2.22. The van der Waals surface area contributed by atoms with Crippen molar-refractivity contribution in [3.8, 4) is 11.1 Å². The van der Waals surface area contributed by atoms with E-state index in [4.69, 9.17) is 0 Å². The van der Waals surface area contributed by atoms with E-state index >= 15 is 0 Å². The monoisotopic (exact) mass is 507 g/mol. The highest BCUT2D eigenvalue weighted by Crippen LogP contribution is 2.41. The van der Waals surface area contributed by atoms with Gasteiger partial charge < -0.3 is 15.6 Å². The lowest BCUT2D eigenvalue weighted by molar-refractivity contribution is -0.138. The maximum Gasteiger partial charge on any atom is 0.408 e. The Morgan fingerprint density at radius 2 is 2.06 bits per heavy atom. The average molecular weight is 508 g/mol. The van der Waals surface area contributed by atoms with Gasteiger partial charge in [0.05, 0.1) is 11.7 Å². The summed E-state index contributed by atoms with van der Waals surface area (Å²) in [4.78, 5) is 11.2. The third-order valence-electron chi connectivity index (χ3n) is 6.02. The van der Waals surface area contributed by atoms with Gasteiger partial charge in [-0.3, -0.25) is 0 Å². The van der Waals surface area contributed by atoms with Gasteiger partial charge in [-0.1, -0.05) is 12.7 Å². The maximum absolute atomic E-state index is 12.7. The van der Waals surface area contributed by atoms with Crippen molar-refractivity contribution < 1.29 is 22.0 Å². The van der Waals surface area contributed by atoms with E-state index in [1.165, 1.54) is 6.20 Å². The van der Waals surface area contributed by atoms with Gasteiger partial charge in [-0.25, -0.2) is 18.3 Å². The van der Waals surface area contributed by atoms with Gasteiger partial charge in [-0.05, 0) is 44.1 Å². The molecular weight excluding hydrogens is 481 g/mol. The zero-order valence-corrected chi connectivity index (χ0v) is 19.7. The Balaban J connectivity index is 0.000000286. The first kappa shape index (κ1) is 25.5. The molecule has 1 fully saturated rings. The minimum atomic E-state index is -4.37. The van der Waals surface area contributed by atoms with E-state index in [2.05, 4.69) is 37.3 Å². The summed E-state index contributed by atoms with van der Waals surface area (Å²) in [6.45, 7) is 5.53. The van der Waals surface area contributed by atoms with E-state index in [0.29, 0.717) is 11.0 Å². The second kappa shape index (κ2) is 9.84. The molecule has 0 radical (unpaired) electrons. The molecule has 1 atom stereocenters. The number of aromatic amines is 1. The number of halogens is 5. The van der Waals surface area contributed by atoms with Gasteiger partial charge in [0.15, 0.2) is 0 Å². The molecule has 0 aromatic carbocycles. The van der Waals surface area contributed by atoms with E-state index in [1.54, 1.807) is 30.0 Å². The van der Waals surface area contributed by atoms with E-state index in [-0.39, 0.29) is 24.7 Å². The van der Waals surface area contributed by atoms with E-state index < -0.39 is 18.1 Å². The second-order valence-electron chi connectivity index (χ2n) is 8.80. The molecule has 4 heterocycles. The number of nitrogens with zero attached hydrogens (tertiary/aromatic N) is 4. The lowest BCUT2D eigenvalue weighted by atomic mass is 9.81. The summed E-state index contributed by atoms with van der Waals surface area (Å²) >= 11 is 0. The Hall–Kier alpha value is -3.54. The van der Waals surface area contributed by atoms with Crippen LogP contribution in [0.2, 0.25) is 0 Å². The van der Waals surface area contributed by atoms with Crippen molar-refractivity contribution in [3.63, 3.8) is 0 Å². The molecule has 0 aliphatic heterocycles. The van der Waals surface area contributed by atoms with Crippen LogP contribution in [0.4, 0.5) is 27.9 Å². The van der Waals surface area contributed by atoms with Crippen LogP contribution < -0.4 is 10.6 Å².